The van der Waals surface area contributed by atoms with Crippen LogP contribution >= 0.6 is 0 Å². The lowest BCUT2D eigenvalue weighted by Crippen LogP contribution is -2.33. The van der Waals surface area contributed by atoms with E-state index in [0.717, 1.165) is 5.56 Å². The second-order valence-electron chi connectivity index (χ2n) is 4.79. The molecular weight excluding hydrogens is 286 g/mol. The van der Waals surface area contributed by atoms with E-state index < -0.39 is 0 Å². The summed E-state index contributed by atoms with van der Waals surface area (Å²) in [5.41, 5.74) is 1.33. The first kappa shape index (κ1) is 14.8. The summed E-state index contributed by atoms with van der Waals surface area (Å²) in [6, 6.07) is 5.26. The van der Waals surface area contributed by atoms with Crippen molar-refractivity contribution in [1.29, 1.82) is 0 Å². The summed E-state index contributed by atoms with van der Waals surface area (Å²) < 4.78 is 16.4. The van der Waals surface area contributed by atoms with Crippen molar-refractivity contribution >= 4 is 0 Å². The fourth-order valence-corrected chi connectivity index (χ4v) is 2.03. The number of ether oxygens (including phenoxy) is 3. The zero-order chi connectivity index (χ0) is 15.2. The van der Waals surface area contributed by atoms with Gasteiger partial charge in [-0.3, -0.25) is 0 Å². The lowest BCUT2D eigenvalue weighted by Gasteiger charge is -2.22. The van der Waals surface area contributed by atoms with Gasteiger partial charge in [-0.15, -0.1) is 0 Å². The summed E-state index contributed by atoms with van der Waals surface area (Å²) in [6.07, 6.45) is 3.20. The van der Waals surface area contributed by atoms with Gasteiger partial charge in [0.1, 0.15) is 12.7 Å². The quantitative estimate of drug-likeness (QED) is 0.875. The number of pyridine rings is 1. The molecule has 0 radical (unpaired) electrons. The molecule has 1 aliphatic heterocycles. The van der Waals surface area contributed by atoms with Gasteiger partial charge >= 0.3 is 0 Å². The topological polar surface area (TPSA) is 86.6 Å². The first-order valence-corrected chi connectivity index (χ1v) is 7.06. The summed E-state index contributed by atoms with van der Waals surface area (Å²) >= 11 is 0. The van der Waals surface area contributed by atoms with Crippen LogP contribution in [0.4, 0.5) is 0 Å². The predicted octanol–water partition coefficient (Wildman–Crippen LogP) is 0.825. The molecule has 2 aromatic heterocycles. The minimum absolute atomic E-state index is 0.0557. The second-order valence-corrected chi connectivity index (χ2v) is 4.79. The molecule has 1 atom stereocenters. The van der Waals surface area contributed by atoms with Crippen molar-refractivity contribution in [2.24, 2.45) is 0 Å². The van der Waals surface area contributed by atoms with E-state index in [1.807, 2.05) is 6.07 Å². The van der Waals surface area contributed by atoms with Crippen LogP contribution in [0.15, 0.2) is 30.6 Å². The molecule has 22 heavy (non-hydrogen) atoms. The molecule has 0 spiro atoms. The molecular formula is C15H17N3O4. The van der Waals surface area contributed by atoms with E-state index in [9.17, 15) is 0 Å². The van der Waals surface area contributed by atoms with Crippen molar-refractivity contribution in [1.82, 2.24) is 15.0 Å². The van der Waals surface area contributed by atoms with Crippen LogP contribution in [0.2, 0.25) is 0 Å². The van der Waals surface area contributed by atoms with E-state index in [4.69, 9.17) is 19.3 Å². The van der Waals surface area contributed by atoms with E-state index in [-0.39, 0.29) is 12.7 Å². The Balaban J connectivity index is 1.61. The highest BCUT2D eigenvalue weighted by atomic mass is 16.6. The van der Waals surface area contributed by atoms with Crippen LogP contribution in [-0.4, -0.2) is 52.6 Å². The molecule has 0 saturated carbocycles. The average molecular weight is 303 g/mol. The Bertz CT molecular complexity index is 600. The highest BCUT2D eigenvalue weighted by Gasteiger charge is 2.15. The number of rotatable bonds is 5. The third-order valence-electron chi connectivity index (χ3n) is 3.17. The zero-order valence-electron chi connectivity index (χ0n) is 12.0. The first-order valence-electron chi connectivity index (χ1n) is 7.06. The Morgan fingerprint density at radius 1 is 1.23 bits per heavy atom. The molecule has 0 aromatic carbocycles. The Morgan fingerprint density at radius 3 is 2.91 bits per heavy atom. The fourth-order valence-electron chi connectivity index (χ4n) is 2.03. The molecule has 1 unspecified atom stereocenters. The number of aliphatic hydroxyl groups is 1. The van der Waals surface area contributed by atoms with Crippen molar-refractivity contribution in [3.8, 4) is 17.3 Å². The van der Waals surface area contributed by atoms with Crippen LogP contribution in [0.3, 0.4) is 0 Å². The van der Waals surface area contributed by atoms with E-state index in [1.54, 1.807) is 24.5 Å². The van der Waals surface area contributed by atoms with Crippen molar-refractivity contribution in [3.63, 3.8) is 0 Å². The van der Waals surface area contributed by atoms with Crippen LogP contribution in [0.5, 0.6) is 5.88 Å². The van der Waals surface area contributed by atoms with Crippen molar-refractivity contribution < 1.29 is 19.3 Å². The molecule has 1 saturated heterocycles. The molecule has 7 nitrogen and oxygen atoms in total. The molecule has 2 aromatic rings. The molecule has 0 amide bonds. The Labute approximate surface area is 127 Å². The van der Waals surface area contributed by atoms with Gasteiger partial charge in [-0.2, -0.15) is 0 Å². The molecule has 7 heteroatoms. The maximum Gasteiger partial charge on any atom is 0.213 e. The molecule has 0 aliphatic carbocycles. The summed E-state index contributed by atoms with van der Waals surface area (Å²) in [6.45, 7) is 2.06. The molecule has 0 bridgehead atoms. The van der Waals surface area contributed by atoms with E-state index in [0.29, 0.717) is 43.8 Å². The summed E-state index contributed by atoms with van der Waals surface area (Å²) in [7, 11) is 0. The zero-order valence-corrected chi connectivity index (χ0v) is 12.0. The third kappa shape index (κ3) is 3.76. The summed E-state index contributed by atoms with van der Waals surface area (Å²) in [4.78, 5) is 12.6. The smallest absolute Gasteiger partial charge is 0.213 e. The van der Waals surface area contributed by atoms with E-state index in [1.165, 1.54) is 0 Å². The van der Waals surface area contributed by atoms with E-state index >= 15 is 0 Å². The second kappa shape index (κ2) is 7.26. The highest BCUT2D eigenvalue weighted by Crippen LogP contribution is 2.17. The Hall–Kier alpha value is -2.09. The standard InChI is InChI=1S/C15H17N3O4/c19-8-12-3-4-16-15(18-12)11-1-2-14(17-7-11)22-10-13-9-20-5-6-21-13/h1-4,7,13,19H,5-6,8-10H2. The lowest BCUT2D eigenvalue weighted by molar-refractivity contribution is -0.102. The Morgan fingerprint density at radius 2 is 2.18 bits per heavy atom. The van der Waals surface area contributed by atoms with Crippen LogP contribution in [-0.2, 0) is 16.1 Å². The van der Waals surface area contributed by atoms with Crippen molar-refractivity contribution in [3.05, 3.63) is 36.3 Å². The van der Waals surface area contributed by atoms with Gasteiger partial charge in [0.15, 0.2) is 5.82 Å². The summed E-state index contributed by atoms with van der Waals surface area (Å²) in [5, 5.41) is 9.10. The van der Waals surface area contributed by atoms with Gasteiger partial charge in [-0.1, -0.05) is 0 Å². The first-order chi connectivity index (χ1) is 10.8. The fraction of sp³-hybridized carbons (Fsp3) is 0.400. The number of aromatic nitrogens is 3. The Kier molecular flexibility index (Phi) is 4.89. The molecule has 1 N–H and O–H groups in total. The molecule has 116 valence electrons. The van der Waals surface area contributed by atoms with Crippen LogP contribution in [0.25, 0.3) is 11.4 Å². The SMILES string of the molecule is OCc1ccnc(-c2ccc(OCC3COCCO3)nc2)n1. The van der Waals surface area contributed by atoms with Crippen LogP contribution in [0.1, 0.15) is 5.69 Å². The molecule has 3 rings (SSSR count). The third-order valence-corrected chi connectivity index (χ3v) is 3.17. The van der Waals surface area contributed by atoms with Gasteiger partial charge in [-0.05, 0) is 12.1 Å². The number of nitrogens with zero attached hydrogens (tertiary/aromatic N) is 3. The molecule has 1 fully saturated rings. The normalized spacial score (nSPS) is 18.1. The van der Waals surface area contributed by atoms with Gasteiger partial charge in [-0.25, -0.2) is 15.0 Å². The van der Waals surface area contributed by atoms with Crippen molar-refractivity contribution in [2.75, 3.05) is 26.4 Å². The minimum atomic E-state index is -0.117. The summed E-state index contributed by atoms with van der Waals surface area (Å²) in [5.74, 6) is 1.03. The predicted molar refractivity (Wildman–Crippen MR) is 77.2 cm³/mol. The number of aliphatic hydroxyl groups excluding tert-OH is 1. The monoisotopic (exact) mass is 303 g/mol. The lowest BCUT2D eigenvalue weighted by atomic mass is 10.2. The van der Waals surface area contributed by atoms with Crippen LogP contribution in [0, 0.1) is 0 Å². The highest BCUT2D eigenvalue weighted by molar-refractivity contribution is 5.53. The largest absolute Gasteiger partial charge is 0.475 e. The number of hydrogen-bond acceptors (Lipinski definition) is 7. The maximum atomic E-state index is 9.10. The van der Waals surface area contributed by atoms with Gasteiger partial charge in [0, 0.05) is 24.0 Å². The van der Waals surface area contributed by atoms with Gasteiger partial charge < -0.3 is 19.3 Å². The number of hydrogen-bond donors (Lipinski definition) is 1. The van der Waals surface area contributed by atoms with Gasteiger partial charge in [0.25, 0.3) is 0 Å². The maximum absolute atomic E-state index is 9.10. The minimum Gasteiger partial charge on any atom is -0.475 e. The van der Waals surface area contributed by atoms with E-state index in [2.05, 4.69) is 15.0 Å². The molecule has 1 aliphatic rings. The van der Waals surface area contributed by atoms with Crippen LogP contribution < -0.4 is 4.74 Å². The van der Waals surface area contributed by atoms with Crippen molar-refractivity contribution in [2.45, 2.75) is 12.7 Å². The average Bonchev–Trinajstić information content (AvgIpc) is 2.61. The van der Waals surface area contributed by atoms with Gasteiger partial charge in [0.05, 0.1) is 32.1 Å². The van der Waals surface area contributed by atoms with Gasteiger partial charge in [0.2, 0.25) is 5.88 Å². The molecule has 3 heterocycles.